The number of carbonyl (C=O) groups is 2. The molecule has 0 bridgehead atoms. The maximum absolute atomic E-state index is 12.9. The number of fused-ring (bicyclic) bond motifs is 2. The summed E-state index contributed by atoms with van der Waals surface area (Å²) in [7, 11) is 3.17. The van der Waals surface area contributed by atoms with Gasteiger partial charge in [0.2, 0.25) is 0 Å². The molecule has 0 N–H and O–H groups in total. The maximum atomic E-state index is 12.9. The molecule has 4 nitrogen and oxygen atoms in total. The van der Waals surface area contributed by atoms with Gasteiger partial charge in [-0.3, -0.25) is 9.59 Å². The molecule has 0 saturated carbocycles. The summed E-state index contributed by atoms with van der Waals surface area (Å²) < 4.78 is 10.7. The fourth-order valence-corrected chi connectivity index (χ4v) is 3.27. The number of rotatable bonds is 3. The summed E-state index contributed by atoms with van der Waals surface area (Å²) in [5, 5.41) is 1.86. The summed E-state index contributed by atoms with van der Waals surface area (Å²) >= 11 is 0. The Balaban J connectivity index is 1.85. The van der Waals surface area contributed by atoms with Gasteiger partial charge in [-0.25, -0.2) is 0 Å². The summed E-state index contributed by atoms with van der Waals surface area (Å²) in [4.78, 5) is 25.3. The molecule has 1 aliphatic rings. The van der Waals surface area contributed by atoms with Crippen molar-refractivity contribution in [3.63, 3.8) is 0 Å². The molecule has 128 valence electrons. The van der Waals surface area contributed by atoms with E-state index in [2.05, 4.69) is 0 Å². The second kappa shape index (κ2) is 6.15. The maximum Gasteiger partial charge on any atom is 0.194 e. The van der Waals surface area contributed by atoms with E-state index in [1.807, 2.05) is 30.3 Å². The van der Waals surface area contributed by atoms with E-state index >= 15 is 0 Å². The third kappa shape index (κ3) is 2.47. The van der Waals surface area contributed by atoms with Crippen molar-refractivity contribution in [1.29, 1.82) is 0 Å². The Morgan fingerprint density at radius 3 is 2.08 bits per heavy atom. The lowest BCUT2D eigenvalue weighted by Gasteiger charge is -2.16. The Kier molecular flexibility index (Phi) is 3.81. The minimum atomic E-state index is -0.150. The van der Waals surface area contributed by atoms with Crippen LogP contribution in [0.15, 0.2) is 60.7 Å². The van der Waals surface area contributed by atoms with Crippen molar-refractivity contribution in [2.45, 2.75) is 0 Å². The fourth-order valence-electron chi connectivity index (χ4n) is 3.27. The Morgan fingerprint density at radius 2 is 1.38 bits per heavy atom. The van der Waals surface area contributed by atoms with Gasteiger partial charge >= 0.3 is 0 Å². The zero-order valence-electron chi connectivity index (χ0n) is 14.4. The second-order valence-corrected chi connectivity index (χ2v) is 6.07. The number of ether oxygens (including phenoxy) is 2. The number of carbonyl (C=O) groups excluding carboxylic acids is 2. The fraction of sp³-hybridized carbons (Fsp3) is 0.0909. The highest BCUT2D eigenvalue weighted by atomic mass is 16.5. The molecule has 3 aromatic carbocycles. The molecule has 3 aromatic rings. The van der Waals surface area contributed by atoms with Crippen LogP contribution >= 0.6 is 0 Å². The molecule has 0 saturated heterocycles. The number of Topliss-reactive ketones (excluding diaryl/α,β-unsaturated/α-hetero) is 1. The molecule has 0 aromatic heterocycles. The highest BCUT2D eigenvalue weighted by Crippen LogP contribution is 2.35. The van der Waals surface area contributed by atoms with Crippen LogP contribution in [0, 0.1) is 0 Å². The Hall–Kier alpha value is -3.40. The van der Waals surface area contributed by atoms with Gasteiger partial charge in [-0.1, -0.05) is 36.4 Å². The van der Waals surface area contributed by atoms with Crippen LogP contribution in [0.1, 0.15) is 26.3 Å². The van der Waals surface area contributed by atoms with E-state index in [0.717, 1.165) is 10.8 Å². The summed E-state index contributed by atoms with van der Waals surface area (Å²) in [6, 6.07) is 16.3. The number of ketones is 2. The highest BCUT2D eigenvalue weighted by Gasteiger charge is 2.26. The SMILES string of the molecule is COc1cc2ccc(C3=CC(=O)c4ccccc4C3=O)cc2cc1OC. The van der Waals surface area contributed by atoms with Crippen LogP contribution in [0.5, 0.6) is 11.5 Å². The molecule has 0 radical (unpaired) electrons. The van der Waals surface area contributed by atoms with Crippen molar-refractivity contribution >= 4 is 27.9 Å². The van der Waals surface area contributed by atoms with E-state index in [1.165, 1.54) is 6.08 Å². The minimum Gasteiger partial charge on any atom is -0.493 e. The Labute approximate surface area is 150 Å². The van der Waals surface area contributed by atoms with Crippen molar-refractivity contribution in [1.82, 2.24) is 0 Å². The number of hydrogen-bond donors (Lipinski definition) is 0. The zero-order chi connectivity index (χ0) is 18.3. The van der Waals surface area contributed by atoms with Crippen LogP contribution in [0.2, 0.25) is 0 Å². The van der Waals surface area contributed by atoms with E-state index in [-0.39, 0.29) is 11.6 Å². The molecule has 0 unspecified atom stereocenters. The molecule has 0 fully saturated rings. The van der Waals surface area contributed by atoms with Crippen molar-refractivity contribution in [2.24, 2.45) is 0 Å². The summed E-state index contributed by atoms with van der Waals surface area (Å²) in [5.41, 5.74) is 2.01. The van der Waals surface area contributed by atoms with Gasteiger partial charge in [-0.2, -0.15) is 0 Å². The summed E-state index contributed by atoms with van der Waals surface area (Å²) in [6.07, 6.45) is 1.42. The van der Waals surface area contributed by atoms with Crippen LogP contribution in [0.25, 0.3) is 16.3 Å². The summed E-state index contributed by atoms with van der Waals surface area (Å²) in [6.45, 7) is 0. The number of allylic oxidation sites excluding steroid dienone is 2. The van der Waals surface area contributed by atoms with Gasteiger partial charge in [0.1, 0.15) is 0 Å². The normalized spacial score (nSPS) is 13.4. The van der Waals surface area contributed by atoms with E-state index < -0.39 is 0 Å². The molecule has 1 aliphatic carbocycles. The molecular formula is C22H16O4. The van der Waals surface area contributed by atoms with Gasteiger partial charge in [-0.15, -0.1) is 0 Å². The van der Waals surface area contributed by atoms with E-state index in [0.29, 0.717) is 33.8 Å². The molecule has 26 heavy (non-hydrogen) atoms. The van der Waals surface area contributed by atoms with Gasteiger partial charge in [0.05, 0.1) is 14.2 Å². The average Bonchev–Trinajstić information content (AvgIpc) is 2.69. The predicted molar refractivity (Wildman–Crippen MR) is 100 cm³/mol. The zero-order valence-corrected chi connectivity index (χ0v) is 14.4. The van der Waals surface area contributed by atoms with E-state index in [1.54, 1.807) is 38.5 Å². The highest BCUT2D eigenvalue weighted by molar-refractivity contribution is 6.38. The van der Waals surface area contributed by atoms with Crippen LogP contribution < -0.4 is 9.47 Å². The molecule has 0 spiro atoms. The standard InChI is InChI=1S/C22H16O4/c1-25-20-10-13-7-8-14(9-15(13)11-21(20)26-2)18-12-19(23)16-5-3-4-6-17(16)22(18)24/h3-12H,1-2H3. The van der Waals surface area contributed by atoms with Crippen molar-refractivity contribution in [3.05, 3.63) is 77.4 Å². The van der Waals surface area contributed by atoms with Gasteiger partial charge in [0.15, 0.2) is 23.1 Å². The molecule has 4 rings (SSSR count). The molecular weight excluding hydrogens is 328 g/mol. The first-order chi connectivity index (χ1) is 12.6. The van der Waals surface area contributed by atoms with Crippen molar-refractivity contribution < 1.29 is 19.1 Å². The van der Waals surface area contributed by atoms with Gasteiger partial charge < -0.3 is 9.47 Å². The molecule has 0 amide bonds. The monoisotopic (exact) mass is 344 g/mol. The van der Waals surface area contributed by atoms with E-state index in [9.17, 15) is 9.59 Å². The average molecular weight is 344 g/mol. The first-order valence-corrected chi connectivity index (χ1v) is 8.18. The van der Waals surface area contributed by atoms with Gasteiger partial charge in [0, 0.05) is 16.7 Å². The van der Waals surface area contributed by atoms with Crippen LogP contribution in [0.3, 0.4) is 0 Å². The minimum absolute atomic E-state index is 0.139. The lowest BCUT2D eigenvalue weighted by atomic mass is 9.86. The van der Waals surface area contributed by atoms with Crippen molar-refractivity contribution in [2.75, 3.05) is 14.2 Å². The lowest BCUT2D eigenvalue weighted by molar-refractivity contribution is 0.100. The third-order valence-electron chi connectivity index (χ3n) is 4.61. The largest absolute Gasteiger partial charge is 0.493 e. The number of benzene rings is 3. The summed E-state index contributed by atoms with van der Waals surface area (Å²) in [5.74, 6) is 0.968. The molecule has 0 aliphatic heterocycles. The molecule has 0 atom stereocenters. The van der Waals surface area contributed by atoms with Gasteiger partial charge in [-0.05, 0) is 40.6 Å². The third-order valence-corrected chi connectivity index (χ3v) is 4.61. The van der Waals surface area contributed by atoms with Crippen molar-refractivity contribution in [3.8, 4) is 11.5 Å². The second-order valence-electron chi connectivity index (χ2n) is 6.07. The van der Waals surface area contributed by atoms with Gasteiger partial charge in [0.25, 0.3) is 0 Å². The quantitative estimate of drug-likeness (QED) is 0.710. The number of methoxy groups -OCH3 is 2. The first kappa shape index (κ1) is 16.1. The molecule has 4 heteroatoms. The smallest absolute Gasteiger partial charge is 0.194 e. The lowest BCUT2D eigenvalue weighted by Crippen LogP contribution is -2.15. The predicted octanol–water partition coefficient (Wildman–Crippen LogP) is 4.32. The van der Waals surface area contributed by atoms with Crippen LogP contribution in [-0.2, 0) is 0 Å². The van der Waals surface area contributed by atoms with Crippen LogP contribution in [0.4, 0.5) is 0 Å². The first-order valence-electron chi connectivity index (χ1n) is 8.18. The topological polar surface area (TPSA) is 52.6 Å². The molecule has 0 heterocycles. The number of hydrogen-bond acceptors (Lipinski definition) is 4. The Morgan fingerprint density at radius 1 is 0.731 bits per heavy atom. The van der Waals surface area contributed by atoms with E-state index in [4.69, 9.17) is 9.47 Å². The Bertz CT molecular complexity index is 1090. The van der Waals surface area contributed by atoms with Crippen LogP contribution in [-0.4, -0.2) is 25.8 Å².